The molecule has 0 bridgehead atoms. The molecule has 0 atom stereocenters. The Morgan fingerprint density at radius 2 is 1.83 bits per heavy atom. The molecule has 2 aromatic heterocycles. The van der Waals surface area contributed by atoms with Crippen LogP contribution in [0.5, 0.6) is 0 Å². The van der Waals surface area contributed by atoms with Crippen molar-refractivity contribution in [2.75, 3.05) is 5.73 Å². The number of benzene rings is 1. The largest absolute Gasteiger partial charge is 0.399 e. The normalized spacial score (nSPS) is 10.7. The molecule has 0 aliphatic carbocycles. The van der Waals surface area contributed by atoms with E-state index in [4.69, 9.17) is 5.73 Å². The van der Waals surface area contributed by atoms with Gasteiger partial charge in [0.15, 0.2) is 0 Å². The van der Waals surface area contributed by atoms with Gasteiger partial charge in [-0.15, -0.1) is 0 Å². The molecule has 3 nitrogen and oxygen atoms in total. The van der Waals surface area contributed by atoms with Gasteiger partial charge in [0.2, 0.25) is 0 Å². The number of fused-ring (bicyclic) bond motifs is 1. The van der Waals surface area contributed by atoms with Crippen molar-refractivity contribution in [3.05, 3.63) is 66.1 Å². The fourth-order valence-electron chi connectivity index (χ4n) is 1.99. The van der Waals surface area contributed by atoms with Gasteiger partial charge in [-0.1, -0.05) is 24.3 Å². The van der Waals surface area contributed by atoms with Gasteiger partial charge in [0, 0.05) is 35.1 Å². The van der Waals surface area contributed by atoms with E-state index in [1.165, 1.54) is 0 Å². The Bertz CT molecular complexity index is 692. The molecule has 3 aromatic rings. The molecule has 2 N–H and O–H groups in total. The lowest BCUT2D eigenvalue weighted by atomic mass is 10.1. The number of aromatic nitrogens is 2. The Labute approximate surface area is 105 Å². The summed E-state index contributed by atoms with van der Waals surface area (Å²) in [5.74, 6) is 0. The summed E-state index contributed by atoms with van der Waals surface area (Å²) >= 11 is 0. The van der Waals surface area contributed by atoms with Crippen molar-refractivity contribution < 1.29 is 0 Å². The Hall–Kier alpha value is -2.42. The monoisotopic (exact) mass is 235 g/mol. The quantitative estimate of drug-likeness (QED) is 0.743. The number of rotatable bonds is 2. The molecule has 0 aliphatic rings. The van der Waals surface area contributed by atoms with Crippen LogP contribution in [-0.4, -0.2) is 9.97 Å². The van der Waals surface area contributed by atoms with Gasteiger partial charge in [0.1, 0.15) is 0 Å². The Kier molecular flexibility index (Phi) is 2.65. The zero-order valence-corrected chi connectivity index (χ0v) is 9.88. The van der Waals surface area contributed by atoms with Crippen LogP contribution >= 0.6 is 0 Å². The van der Waals surface area contributed by atoms with Gasteiger partial charge in [0.25, 0.3) is 0 Å². The van der Waals surface area contributed by atoms with Crippen molar-refractivity contribution >= 4 is 16.6 Å². The molecule has 2 heterocycles. The molecule has 1 aromatic carbocycles. The van der Waals surface area contributed by atoms with Crippen LogP contribution in [0.25, 0.3) is 10.9 Å². The second-order valence-corrected chi connectivity index (χ2v) is 4.25. The molecular formula is C15H13N3. The molecule has 0 spiro atoms. The van der Waals surface area contributed by atoms with Crippen LogP contribution < -0.4 is 5.73 Å². The average molecular weight is 235 g/mol. The van der Waals surface area contributed by atoms with Gasteiger partial charge in [-0.3, -0.25) is 9.97 Å². The van der Waals surface area contributed by atoms with Gasteiger partial charge >= 0.3 is 0 Å². The van der Waals surface area contributed by atoms with Gasteiger partial charge in [-0.05, 0) is 24.3 Å². The summed E-state index contributed by atoms with van der Waals surface area (Å²) in [6, 6.07) is 15.9. The molecule has 0 unspecified atom stereocenters. The number of anilines is 1. The number of nitrogen functional groups attached to an aromatic ring is 1. The topological polar surface area (TPSA) is 51.8 Å². The van der Waals surface area contributed by atoms with E-state index in [2.05, 4.69) is 22.1 Å². The second-order valence-electron chi connectivity index (χ2n) is 4.25. The molecule has 88 valence electrons. The van der Waals surface area contributed by atoms with Gasteiger partial charge < -0.3 is 5.73 Å². The second kappa shape index (κ2) is 4.45. The smallest absolute Gasteiger partial charge is 0.0705 e. The fourth-order valence-corrected chi connectivity index (χ4v) is 1.99. The highest BCUT2D eigenvalue weighted by atomic mass is 14.7. The van der Waals surface area contributed by atoms with Crippen LogP contribution in [-0.2, 0) is 6.42 Å². The van der Waals surface area contributed by atoms with Crippen LogP contribution in [0.3, 0.4) is 0 Å². The highest BCUT2D eigenvalue weighted by Gasteiger charge is 2.01. The molecule has 0 fully saturated rings. The van der Waals surface area contributed by atoms with Crippen LogP contribution in [0, 0.1) is 0 Å². The van der Waals surface area contributed by atoms with E-state index >= 15 is 0 Å². The fraction of sp³-hybridized carbons (Fsp3) is 0.0667. The van der Waals surface area contributed by atoms with E-state index in [-0.39, 0.29) is 0 Å². The number of nitrogens with zero attached hydrogens (tertiary/aromatic N) is 2. The number of para-hydroxylation sites is 1. The van der Waals surface area contributed by atoms with Gasteiger partial charge in [-0.25, -0.2) is 0 Å². The first kappa shape index (κ1) is 10.7. The van der Waals surface area contributed by atoms with E-state index in [1.54, 1.807) is 12.3 Å². The van der Waals surface area contributed by atoms with E-state index in [1.807, 2.05) is 30.3 Å². The minimum Gasteiger partial charge on any atom is -0.399 e. The first-order valence-corrected chi connectivity index (χ1v) is 5.86. The molecule has 0 radical (unpaired) electrons. The lowest BCUT2D eigenvalue weighted by Gasteiger charge is -2.03. The predicted molar refractivity (Wildman–Crippen MR) is 73.2 cm³/mol. The molecule has 3 rings (SSSR count). The number of nitrogens with two attached hydrogens (primary N) is 1. The lowest BCUT2D eigenvalue weighted by molar-refractivity contribution is 1.03. The summed E-state index contributed by atoms with van der Waals surface area (Å²) in [6.45, 7) is 0. The van der Waals surface area contributed by atoms with Crippen molar-refractivity contribution in [2.45, 2.75) is 6.42 Å². The summed E-state index contributed by atoms with van der Waals surface area (Å²) in [5.41, 5.74) is 9.44. The molecule has 0 amide bonds. The van der Waals surface area contributed by atoms with Crippen molar-refractivity contribution in [1.82, 2.24) is 9.97 Å². The minimum atomic E-state index is 0.704. The summed E-state index contributed by atoms with van der Waals surface area (Å²) < 4.78 is 0. The number of hydrogen-bond acceptors (Lipinski definition) is 3. The molecule has 18 heavy (non-hydrogen) atoms. The zero-order chi connectivity index (χ0) is 12.4. The first-order chi connectivity index (χ1) is 8.81. The van der Waals surface area contributed by atoms with Crippen molar-refractivity contribution in [1.29, 1.82) is 0 Å². The molecule has 3 heteroatoms. The summed E-state index contributed by atoms with van der Waals surface area (Å²) in [6.07, 6.45) is 2.43. The maximum absolute atomic E-state index is 5.74. The average Bonchev–Trinajstić information content (AvgIpc) is 2.39. The van der Waals surface area contributed by atoms with Gasteiger partial charge in [0.05, 0.1) is 5.52 Å². The first-order valence-electron chi connectivity index (χ1n) is 5.86. The van der Waals surface area contributed by atoms with Crippen molar-refractivity contribution in [3.63, 3.8) is 0 Å². The third-order valence-electron chi connectivity index (χ3n) is 2.86. The van der Waals surface area contributed by atoms with Gasteiger partial charge in [-0.2, -0.15) is 0 Å². The van der Waals surface area contributed by atoms with Crippen LogP contribution in [0.4, 0.5) is 5.69 Å². The zero-order valence-electron chi connectivity index (χ0n) is 9.88. The number of hydrogen-bond donors (Lipinski definition) is 1. The predicted octanol–water partition coefficient (Wildman–Crippen LogP) is 2.80. The van der Waals surface area contributed by atoms with E-state index in [0.717, 1.165) is 28.0 Å². The number of pyridine rings is 2. The molecular weight excluding hydrogens is 222 g/mol. The third-order valence-corrected chi connectivity index (χ3v) is 2.86. The Morgan fingerprint density at radius 3 is 2.72 bits per heavy atom. The van der Waals surface area contributed by atoms with Crippen LogP contribution in [0.15, 0.2) is 54.7 Å². The van der Waals surface area contributed by atoms with E-state index in [0.29, 0.717) is 6.42 Å². The minimum absolute atomic E-state index is 0.704. The molecule has 0 saturated carbocycles. The molecule has 0 saturated heterocycles. The maximum atomic E-state index is 5.74. The summed E-state index contributed by atoms with van der Waals surface area (Å²) in [5, 5.41) is 1.15. The van der Waals surface area contributed by atoms with Crippen LogP contribution in [0.1, 0.15) is 11.4 Å². The Morgan fingerprint density at radius 1 is 0.944 bits per heavy atom. The van der Waals surface area contributed by atoms with Crippen LogP contribution in [0.2, 0.25) is 0 Å². The highest BCUT2D eigenvalue weighted by Crippen LogP contribution is 2.14. The van der Waals surface area contributed by atoms with Crippen molar-refractivity contribution in [3.8, 4) is 0 Å². The van der Waals surface area contributed by atoms with Crippen molar-refractivity contribution in [2.24, 2.45) is 0 Å². The molecule has 0 aliphatic heterocycles. The van der Waals surface area contributed by atoms with E-state index < -0.39 is 0 Å². The SMILES string of the molecule is Nc1ccnc(Cc2ccc3ccccc3n2)c1. The lowest BCUT2D eigenvalue weighted by Crippen LogP contribution is -1.96. The highest BCUT2D eigenvalue weighted by molar-refractivity contribution is 5.78. The van der Waals surface area contributed by atoms with E-state index in [9.17, 15) is 0 Å². The third kappa shape index (κ3) is 2.15. The Balaban J connectivity index is 1.95. The summed E-state index contributed by atoms with van der Waals surface area (Å²) in [7, 11) is 0. The maximum Gasteiger partial charge on any atom is 0.0705 e. The summed E-state index contributed by atoms with van der Waals surface area (Å²) in [4.78, 5) is 8.91. The standard InChI is InChI=1S/C15H13N3/c16-12-7-8-17-14(9-12)10-13-6-5-11-3-1-2-4-15(11)18-13/h1-9H,10H2,(H2,16,17).